The van der Waals surface area contributed by atoms with Crippen molar-refractivity contribution in [2.45, 2.75) is 13.1 Å². The Labute approximate surface area is 116 Å². The second-order valence-electron chi connectivity index (χ2n) is 4.87. The Bertz CT molecular complexity index is 680. The van der Waals surface area contributed by atoms with E-state index in [1.165, 1.54) is 0 Å². The fourth-order valence-corrected chi connectivity index (χ4v) is 2.45. The topological polar surface area (TPSA) is 63.4 Å². The predicted molar refractivity (Wildman–Crippen MR) is 75.1 cm³/mol. The molecule has 100 valence electrons. The van der Waals surface area contributed by atoms with Gasteiger partial charge < -0.3 is 10.6 Å². The van der Waals surface area contributed by atoms with Gasteiger partial charge in [0.25, 0.3) is 0 Å². The van der Waals surface area contributed by atoms with E-state index in [2.05, 4.69) is 0 Å². The molecule has 2 amide bonds. The molecule has 0 aliphatic carbocycles. The molecule has 0 atom stereocenters. The van der Waals surface area contributed by atoms with Crippen molar-refractivity contribution in [1.29, 1.82) is 0 Å². The second kappa shape index (κ2) is 4.81. The number of hydrogen-bond donors (Lipinski definition) is 1. The summed E-state index contributed by atoms with van der Waals surface area (Å²) < 4.78 is 0. The summed E-state index contributed by atoms with van der Waals surface area (Å²) >= 11 is 0. The van der Waals surface area contributed by atoms with Crippen molar-refractivity contribution in [3.63, 3.8) is 0 Å². The minimum atomic E-state index is -0.433. The lowest BCUT2D eigenvalue weighted by Gasteiger charge is -2.10. The van der Waals surface area contributed by atoms with Gasteiger partial charge >= 0.3 is 6.03 Å². The van der Waals surface area contributed by atoms with E-state index in [1.807, 2.05) is 30.3 Å². The van der Waals surface area contributed by atoms with Crippen LogP contribution in [-0.2, 0) is 13.1 Å². The zero-order valence-corrected chi connectivity index (χ0v) is 10.9. The molecule has 1 aliphatic heterocycles. The fourth-order valence-electron chi connectivity index (χ4n) is 2.45. The highest BCUT2D eigenvalue weighted by atomic mass is 16.2. The first-order valence-corrected chi connectivity index (χ1v) is 6.41. The van der Waals surface area contributed by atoms with Crippen LogP contribution in [0.1, 0.15) is 27.0 Å². The molecule has 2 aromatic carbocycles. The van der Waals surface area contributed by atoms with Crippen LogP contribution in [0.5, 0.6) is 0 Å². The van der Waals surface area contributed by atoms with Crippen LogP contribution < -0.4 is 5.73 Å². The summed E-state index contributed by atoms with van der Waals surface area (Å²) in [6.45, 7) is 0.991. The van der Waals surface area contributed by atoms with Gasteiger partial charge in [0.15, 0.2) is 5.78 Å². The van der Waals surface area contributed by atoms with Crippen LogP contribution in [0.3, 0.4) is 0 Å². The minimum Gasteiger partial charge on any atom is -0.351 e. The summed E-state index contributed by atoms with van der Waals surface area (Å²) in [4.78, 5) is 25.1. The lowest BCUT2D eigenvalue weighted by molar-refractivity contribution is 0.103. The van der Waals surface area contributed by atoms with E-state index in [0.29, 0.717) is 24.2 Å². The van der Waals surface area contributed by atoms with Gasteiger partial charge in [0.2, 0.25) is 0 Å². The van der Waals surface area contributed by atoms with Crippen molar-refractivity contribution in [2.75, 3.05) is 0 Å². The van der Waals surface area contributed by atoms with Crippen LogP contribution in [0.25, 0.3) is 0 Å². The molecular weight excluding hydrogens is 252 g/mol. The van der Waals surface area contributed by atoms with Gasteiger partial charge in [0, 0.05) is 24.2 Å². The van der Waals surface area contributed by atoms with Gasteiger partial charge in [0.05, 0.1) is 0 Å². The first kappa shape index (κ1) is 12.4. The normalized spacial score (nSPS) is 13.1. The maximum Gasteiger partial charge on any atom is 0.315 e. The molecule has 1 heterocycles. The molecule has 0 spiro atoms. The highest BCUT2D eigenvalue weighted by Crippen LogP contribution is 2.24. The Kier molecular flexibility index (Phi) is 2.99. The van der Waals surface area contributed by atoms with Crippen molar-refractivity contribution in [3.8, 4) is 0 Å². The summed E-state index contributed by atoms with van der Waals surface area (Å²) in [5.74, 6) is -0.00840. The largest absolute Gasteiger partial charge is 0.351 e. The number of benzene rings is 2. The van der Waals surface area contributed by atoms with E-state index in [9.17, 15) is 9.59 Å². The molecule has 3 rings (SSSR count). The lowest BCUT2D eigenvalue weighted by Crippen LogP contribution is -2.30. The number of amides is 2. The van der Waals surface area contributed by atoms with Crippen LogP contribution in [-0.4, -0.2) is 16.7 Å². The maximum atomic E-state index is 12.4. The van der Waals surface area contributed by atoms with Crippen molar-refractivity contribution in [3.05, 3.63) is 70.8 Å². The van der Waals surface area contributed by atoms with Crippen LogP contribution in [0.2, 0.25) is 0 Å². The molecule has 0 radical (unpaired) electrons. The second-order valence-corrected chi connectivity index (χ2v) is 4.87. The molecule has 2 N–H and O–H groups in total. The Balaban J connectivity index is 1.90. The molecule has 2 aromatic rings. The van der Waals surface area contributed by atoms with Crippen molar-refractivity contribution in [2.24, 2.45) is 5.73 Å². The van der Waals surface area contributed by atoms with Gasteiger partial charge in [-0.2, -0.15) is 0 Å². The zero-order chi connectivity index (χ0) is 14.1. The molecule has 4 nitrogen and oxygen atoms in total. The first-order chi connectivity index (χ1) is 9.65. The molecule has 0 fully saturated rings. The number of nitrogens with two attached hydrogens (primary N) is 1. The molecule has 0 aromatic heterocycles. The van der Waals surface area contributed by atoms with Gasteiger partial charge in [-0.25, -0.2) is 4.79 Å². The number of hydrogen-bond acceptors (Lipinski definition) is 2. The van der Waals surface area contributed by atoms with Crippen LogP contribution in [0.4, 0.5) is 4.79 Å². The number of rotatable bonds is 2. The summed E-state index contributed by atoms with van der Waals surface area (Å²) in [5, 5.41) is 0. The Morgan fingerprint density at radius 2 is 1.60 bits per heavy atom. The molecule has 1 aliphatic rings. The summed E-state index contributed by atoms with van der Waals surface area (Å²) in [6.07, 6.45) is 0. The van der Waals surface area contributed by atoms with Crippen LogP contribution in [0.15, 0.2) is 48.5 Å². The zero-order valence-electron chi connectivity index (χ0n) is 10.9. The van der Waals surface area contributed by atoms with Crippen LogP contribution >= 0.6 is 0 Å². The summed E-state index contributed by atoms with van der Waals surface area (Å²) in [7, 11) is 0. The molecule has 20 heavy (non-hydrogen) atoms. The van der Waals surface area contributed by atoms with Crippen molar-refractivity contribution >= 4 is 11.8 Å². The van der Waals surface area contributed by atoms with Crippen molar-refractivity contribution < 1.29 is 9.59 Å². The third kappa shape index (κ3) is 2.16. The highest BCUT2D eigenvalue weighted by molar-refractivity contribution is 6.09. The molecule has 0 saturated carbocycles. The third-order valence-corrected chi connectivity index (χ3v) is 3.54. The van der Waals surface area contributed by atoms with Gasteiger partial charge in [-0.05, 0) is 17.2 Å². The van der Waals surface area contributed by atoms with Gasteiger partial charge in [-0.15, -0.1) is 0 Å². The number of ketones is 1. The van der Waals surface area contributed by atoms with E-state index in [0.717, 1.165) is 11.1 Å². The van der Waals surface area contributed by atoms with E-state index in [1.54, 1.807) is 23.1 Å². The quantitative estimate of drug-likeness (QED) is 0.848. The first-order valence-electron chi connectivity index (χ1n) is 6.41. The average molecular weight is 266 g/mol. The number of carbonyl (C=O) groups is 2. The molecular formula is C16H14N2O2. The fraction of sp³-hybridized carbons (Fsp3) is 0.125. The smallest absolute Gasteiger partial charge is 0.315 e. The Morgan fingerprint density at radius 1 is 0.900 bits per heavy atom. The monoisotopic (exact) mass is 266 g/mol. The lowest BCUT2D eigenvalue weighted by atomic mass is 9.99. The Morgan fingerprint density at radius 3 is 2.30 bits per heavy atom. The predicted octanol–water partition coefficient (Wildman–Crippen LogP) is 2.31. The standard InChI is InChI=1S/C16H14N2O2/c17-16(20)18-9-13-7-6-12(8-14(13)10-18)15(19)11-4-2-1-3-5-11/h1-8H,9-10H2,(H2,17,20). The highest BCUT2D eigenvalue weighted by Gasteiger charge is 2.22. The van der Waals surface area contributed by atoms with Gasteiger partial charge in [0.1, 0.15) is 0 Å². The van der Waals surface area contributed by atoms with Crippen LogP contribution in [0, 0.1) is 0 Å². The van der Waals surface area contributed by atoms with E-state index < -0.39 is 6.03 Å². The minimum absolute atomic E-state index is 0.00840. The molecule has 0 saturated heterocycles. The van der Waals surface area contributed by atoms with Gasteiger partial charge in [-0.3, -0.25) is 4.79 Å². The number of primary amides is 1. The summed E-state index contributed by atoms with van der Waals surface area (Å²) in [5.41, 5.74) is 8.63. The Hall–Kier alpha value is -2.62. The van der Waals surface area contributed by atoms with Crippen molar-refractivity contribution in [1.82, 2.24) is 4.90 Å². The number of nitrogens with zero attached hydrogens (tertiary/aromatic N) is 1. The van der Waals surface area contributed by atoms with E-state index in [-0.39, 0.29) is 5.78 Å². The summed E-state index contributed by atoms with van der Waals surface area (Å²) in [6, 6.07) is 14.3. The molecule has 0 unspecified atom stereocenters. The van der Waals surface area contributed by atoms with Gasteiger partial charge in [-0.1, -0.05) is 42.5 Å². The number of fused-ring (bicyclic) bond motifs is 1. The molecule has 0 bridgehead atoms. The number of urea groups is 1. The van der Waals surface area contributed by atoms with E-state index >= 15 is 0 Å². The molecule has 4 heteroatoms. The number of carbonyl (C=O) groups excluding carboxylic acids is 2. The third-order valence-electron chi connectivity index (χ3n) is 3.54. The SMILES string of the molecule is NC(=O)N1Cc2ccc(C(=O)c3ccccc3)cc2C1. The maximum absolute atomic E-state index is 12.4. The van der Waals surface area contributed by atoms with E-state index in [4.69, 9.17) is 5.73 Å². The average Bonchev–Trinajstić information content (AvgIpc) is 2.90.